The molecule has 1 aromatic carbocycles. The summed E-state index contributed by atoms with van der Waals surface area (Å²) in [7, 11) is 0. The van der Waals surface area contributed by atoms with E-state index in [1.807, 2.05) is 0 Å². The molecule has 0 bridgehead atoms. The first-order valence-electron chi connectivity index (χ1n) is 4.07. The lowest BCUT2D eigenvalue weighted by Crippen LogP contribution is -2.08. The van der Waals surface area contributed by atoms with Gasteiger partial charge in [-0.3, -0.25) is 4.79 Å². The minimum atomic E-state index is -0.975. The summed E-state index contributed by atoms with van der Waals surface area (Å²) in [5.74, 6) is -1.92. The molecule has 1 N–H and O–H groups in total. The van der Waals surface area contributed by atoms with E-state index in [0.29, 0.717) is 5.69 Å². The number of nitrogens with one attached hydrogen (secondary N) is 1. The molecule has 1 aromatic heterocycles. The molecule has 14 heavy (non-hydrogen) atoms. The molecule has 0 radical (unpaired) electrons. The second kappa shape index (κ2) is 2.90. The van der Waals surface area contributed by atoms with Crippen molar-refractivity contribution in [2.45, 2.75) is 6.92 Å². The number of halogens is 2. The van der Waals surface area contributed by atoms with Crippen LogP contribution in [0.1, 0.15) is 5.69 Å². The van der Waals surface area contributed by atoms with Gasteiger partial charge in [-0.15, -0.1) is 0 Å². The quantitative estimate of drug-likeness (QED) is 0.686. The number of rotatable bonds is 0. The molecular weight excluding hydrogens is 188 g/mol. The Morgan fingerprint density at radius 1 is 1.21 bits per heavy atom. The van der Waals surface area contributed by atoms with Gasteiger partial charge >= 0.3 is 0 Å². The molecule has 2 nitrogen and oxygen atoms in total. The SMILES string of the molecule is Cc1cc2c(F)c(F)ccc2c(=O)[nH]1. The number of aryl methyl sites for hydroxylation is 1. The molecule has 0 spiro atoms. The predicted molar refractivity (Wildman–Crippen MR) is 49.2 cm³/mol. The number of aromatic amines is 1. The molecular formula is C10H7F2NO. The number of fused-ring (bicyclic) bond motifs is 1. The predicted octanol–water partition coefficient (Wildman–Crippen LogP) is 2.11. The lowest BCUT2D eigenvalue weighted by atomic mass is 10.1. The zero-order valence-corrected chi connectivity index (χ0v) is 7.40. The van der Waals surface area contributed by atoms with E-state index in [9.17, 15) is 13.6 Å². The monoisotopic (exact) mass is 195 g/mol. The summed E-state index contributed by atoms with van der Waals surface area (Å²) in [4.78, 5) is 13.8. The van der Waals surface area contributed by atoms with E-state index in [2.05, 4.69) is 4.98 Å². The maximum atomic E-state index is 13.2. The number of benzene rings is 1. The maximum Gasteiger partial charge on any atom is 0.256 e. The Morgan fingerprint density at radius 2 is 1.93 bits per heavy atom. The van der Waals surface area contributed by atoms with Gasteiger partial charge in [0.2, 0.25) is 0 Å². The zero-order chi connectivity index (χ0) is 10.3. The van der Waals surface area contributed by atoms with Crippen LogP contribution in [-0.4, -0.2) is 4.98 Å². The molecule has 0 atom stereocenters. The molecule has 0 fully saturated rings. The molecule has 0 aliphatic heterocycles. The zero-order valence-electron chi connectivity index (χ0n) is 7.40. The van der Waals surface area contributed by atoms with Crippen molar-refractivity contribution < 1.29 is 8.78 Å². The van der Waals surface area contributed by atoms with Crippen LogP contribution in [0.4, 0.5) is 8.78 Å². The van der Waals surface area contributed by atoms with Crippen LogP contribution in [0.25, 0.3) is 10.8 Å². The molecule has 72 valence electrons. The molecule has 0 saturated carbocycles. The molecule has 0 unspecified atom stereocenters. The van der Waals surface area contributed by atoms with Gasteiger partial charge in [-0.1, -0.05) is 0 Å². The van der Waals surface area contributed by atoms with Gasteiger partial charge in [0.1, 0.15) is 0 Å². The standard InChI is InChI=1S/C10H7F2NO/c1-5-4-7-6(10(14)13-5)2-3-8(11)9(7)12/h2-4H,1H3,(H,13,14). The van der Waals surface area contributed by atoms with Crippen molar-refractivity contribution in [2.75, 3.05) is 0 Å². The molecule has 0 aliphatic carbocycles. The van der Waals surface area contributed by atoms with Crippen LogP contribution in [0.3, 0.4) is 0 Å². The largest absolute Gasteiger partial charge is 0.326 e. The van der Waals surface area contributed by atoms with Crippen molar-refractivity contribution in [3.05, 3.63) is 45.9 Å². The number of H-pyrrole nitrogens is 1. The summed E-state index contributed by atoms with van der Waals surface area (Å²) in [6.45, 7) is 1.62. The average Bonchev–Trinajstić information content (AvgIpc) is 2.12. The Balaban J connectivity index is 3.03. The summed E-state index contributed by atoms with van der Waals surface area (Å²) in [6, 6.07) is 3.63. The number of hydrogen-bond donors (Lipinski definition) is 1. The van der Waals surface area contributed by atoms with Crippen molar-refractivity contribution in [3.8, 4) is 0 Å². The third-order valence-corrected chi connectivity index (χ3v) is 2.05. The highest BCUT2D eigenvalue weighted by atomic mass is 19.2. The molecule has 0 aliphatic rings. The lowest BCUT2D eigenvalue weighted by molar-refractivity contribution is 0.517. The number of pyridine rings is 1. The molecule has 2 rings (SSSR count). The minimum absolute atomic E-state index is 0.0197. The topological polar surface area (TPSA) is 32.9 Å². The van der Waals surface area contributed by atoms with Crippen LogP contribution < -0.4 is 5.56 Å². The summed E-state index contributed by atoms with van der Waals surface area (Å²) in [5.41, 5.74) is 0.103. The van der Waals surface area contributed by atoms with E-state index in [1.54, 1.807) is 6.92 Å². The Hall–Kier alpha value is -1.71. The second-order valence-corrected chi connectivity index (χ2v) is 3.10. The maximum absolute atomic E-state index is 13.2. The van der Waals surface area contributed by atoms with Crippen molar-refractivity contribution in [1.29, 1.82) is 0 Å². The van der Waals surface area contributed by atoms with Crippen LogP contribution in [0.15, 0.2) is 23.0 Å². The highest BCUT2D eigenvalue weighted by molar-refractivity contribution is 5.82. The van der Waals surface area contributed by atoms with E-state index in [4.69, 9.17) is 0 Å². The lowest BCUT2D eigenvalue weighted by Gasteiger charge is -2.00. The van der Waals surface area contributed by atoms with Gasteiger partial charge < -0.3 is 4.98 Å². The average molecular weight is 195 g/mol. The number of aromatic nitrogens is 1. The van der Waals surface area contributed by atoms with Crippen LogP contribution >= 0.6 is 0 Å². The Labute approximate surface area is 78.2 Å². The molecule has 2 aromatic rings. The van der Waals surface area contributed by atoms with Gasteiger partial charge in [0.25, 0.3) is 5.56 Å². The van der Waals surface area contributed by atoms with E-state index in [0.717, 1.165) is 6.07 Å². The normalized spacial score (nSPS) is 10.8. The van der Waals surface area contributed by atoms with Gasteiger partial charge in [0, 0.05) is 11.1 Å². The van der Waals surface area contributed by atoms with Gasteiger partial charge in [0.15, 0.2) is 11.6 Å². The summed E-state index contributed by atoms with van der Waals surface area (Å²) >= 11 is 0. The fourth-order valence-corrected chi connectivity index (χ4v) is 1.40. The first-order chi connectivity index (χ1) is 6.59. The van der Waals surface area contributed by atoms with Crippen molar-refractivity contribution >= 4 is 10.8 Å². The van der Waals surface area contributed by atoms with Gasteiger partial charge in [-0.25, -0.2) is 8.78 Å². The summed E-state index contributed by atoms with van der Waals surface area (Å²) in [6.07, 6.45) is 0. The first-order valence-corrected chi connectivity index (χ1v) is 4.07. The van der Waals surface area contributed by atoms with E-state index >= 15 is 0 Å². The van der Waals surface area contributed by atoms with Gasteiger partial charge in [0.05, 0.1) is 5.39 Å². The van der Waals surface area contributed by atoms with Gasteiger partial charge in [-0.2, -0.15) is 0 Å². The van der Waals surface area contributed by atoms with Crippen LogP contribution in [0.5, 0.6) is 0 Å². The fraction of sp³-hybridized carbons (Fsp3) is 0.100. The summed E-state index contributed by atoms with van der Waals surface area (Å²) in [5, 5.41) is 0.181. The minimum Gasteiger partial charge on any atom is -0.326 e. The summed E-state index contributed by atoms with van der Waals surface area (Å²) < 4.78 is 26.1. The fourth-order valence-electron chi connectivity index (χ4n) is 1.40. The number of hydrogen-bond acceptors (Lipinski definition) is 1. The molecule has 0 amide bonds. The highest BCUT2D eigenvalue weighted by Crippen LogP contribution is 2.17. The third-order valence-electron chi connectivity index (χ3n) is 2.05. The van der Waals surface area contributed by atoms with Crippen molar-refractivity contribution in [2.24, 2.45) is 0 Å². The Morgan fingerprint density at radius 3 is 2.64 bits per heavy atom. The van der Waals surface area contributed by atoms with E-state index < -0.39 is 17.2 Å². The van der Waals surface area contributed by atoms with Crippen LogP contribution in [-0.2, 0) is 0 Å². The Kier molecular flexibility index (Phi) is 1.84. The van der Waals surface area contributed by atoms with E-state index in [-0.39, 0.29) is 10.8 Å². The van der Waals surface area contributed by atoms with Crippen molar-refractivity contribution in [1.82, 2.24) is 4.98 Å². The van der Waals surface area contributed by atoms with Gasteiger partial charge in [-0.05, 0) is 25.1 Å². The first kappa shape index (κ1) is 8.87. The second-order valence-electron chi connectivity index (χ2n) is 3.10. The van der Waals surface area contributed by atoms with Crippen molar-refractivity contribution in [3.63, 3.8) is 0 Å². The van der Waals surface area contributed by atoms with E-state index in [1.165, 1.54) is 12.1 Å². The highest BCUT2D eigenvalue weighted by Gasteiger charge is 2.09. The van der Waals surface area contributed by atoms with Crippen LogP contribution in [0, 0.1) is 18.6 Å². The molecule has 4 heteroatoms. The van der Waals surface area contributed by atoms with Crippen LogP contribution in [0.2, 0.25) is 0 Å². The smallest absolute Gasteiger partial charge is 0.256 e. The Bertz CT molecular complexity index is 560. The molecule has 1 heterocycles. The molecule has 0 saturated heterocycles. The third kappa shape index (κ3) is 1.19.